The van der Waals surface area contributed by atoms with Crippen molar-refractivity contribution in [3.8, 4) is 0 Å². The quantitative estimate of drug-likeness (QED) is 0.747. The van der Waals surface area contributed by atoms with Gasteiger partial charge >= 0.3 is 6.03 Å². The highest BCUT2D eigenvalue weighted by Crippen LogP contribution is 2.26. The molecule has 1 aliphatic rings. The van der Waals surface area contributed by atoms with Crippen LogP contribution in [0.15, 0.2) is 30.3 Å². The normalized spacial score (nSPS) is 18.7. The van der Waals surface area contributed by atoms with Crippen LogP contribution in [-0.2, 0) is 4.79 Å². The van der Waals surface area contributed by atoms with Crippen molar-refractivity contribution in [1.29, 1.82) is 0 Å². The Bertz CT molecular complexity index is 578. The molecule has 0 bridgehead atoms. The summed E-state index contributed by atoms with van der Waals surface area (Å²) in [6.45, 7) is 9.87. The van der Waals surface area contributed by atoms with E-state index >= 15 is 0 Å². The lowest BCUT2D eigenvalue weighted by molar-refractivity contribution is -0.121. The van der Waals surface area contributed by atoms with Crippen LogP contribution in [0.3, 0.4) is 0 Å². The number of nitrogens with one attached hydrogen (secondary N) is 2. The zero-order valence-corrected chi connectivity index (χ0v) is 16.2. The Labute approximate surface area is 156 Å². The van der Waals surface area contributed by atoms with E-state index in [0.29, 0.717) is 18.6 Å². The summed E-state index contributed by atoms with van der Waals surface area (Å²) in [7, 11) is 0. The molecule has 2 N–H and O–H groups in total. The number of carbonyl (C=O) groups is 2. The van der Waals surface area contributed by atoms with E-state index in [-0.39, 0.29) is 12.5 Å². The summed E-state index contributed by atoms with van der Waals surface area (Å²) in [5.41, 5.74) is 1.32. The smallest absolute Gasteiger partial charge is 0.321 e. The Morgan fingerprint density at radius 2 is 2.00 bits per heavy atom. The summed E-state index contributed by atoms with van der Waals surface area (Å²) in [6.07, 6.45) is 1.89. The maximum Gasteiger partial charge on any atom is 0.321 e. The van der Waals surface area contributed by atoms with Gasteiger partial charge in [0.05, 0.1) is 6.54 Å². The minimum absolute atomic E-state index is 0.241. The second-order valence-electron chi connectivity index (χ2n) is 6.89. The number of likely N-dealkylation sites (tertiary alicyclic amines) is 1. The third-order valence-corrected chi connectivity index (χ3v) is 5.08. The van der Waals surface area contributed by atoms with Gasteiger partial charge in [-0.1, -0.05) is 44.2 Å². The average Bonchev–Trinajstić information content (AvgIpc) is 3.14. The summed E-state index contributed by atoms with van der Waals surface area (Å²) >= 11 is 0. The highest BCUT2D eigenvalue weighted by Gasteiger charge is 2.31. The van der Waals surface area contributed by atoms with Crippen molar-refractivity contribution in [2.45, 2.75) is 45.7 Å². The summed E-state index contributed by atoms with van der Waals surface area (Å²) in [5, 5.41) is 5.09. The van der Waals surface area contributed by atoms with Gasteiger partial charge in [0.1, 0.15) is 0 Å². The molecule has 1 aromatic carbocycles. The van der Waals surface area contributed by atoms with Crippen molar-refractivity contribution in [2.24, 2.45) is 0 Å². The summed E-state index contributed by atoms with van der Waals surface area (Å²) in [6, 6.07) is 10.8. The molecule has 1 heterocycles. The molecule has 0 aromatic heterocycles. The number of nitrogens with zero attached hydrogens (tertiary/aromatic N) is 2. The molecule has 0 spiro atoms. The van der Waals surface area contributed by atoms with E-state index in [0.717, 1.165) is 32.5 Å². The SMILES string of the molecule is CCCNC(=O)NC(=O)CN(CC)C1CCN(C(C)c2ccccc2)C1. The lowest BCUT2D eigenvalue weighted by atomic mass is 10.1. The number of hydrogen-bond acceptors (Lipinski definition) is 4. The zero-order chi connectivity index (χ0) is 18.9. The van der Waals surface area contributed by atoms with Crippen molar-refractivity contribution in [3.05, 3.63) is 35.9 Å². The largest absolute Gasteiger partial charge is 0.338 e. The molecule has 1 aromatic rings. The van der Waals surface area contributed by atoms with Crippen molar-refractivity contribution >= 4 is 11.9 Å². The van der Waals surface area contributed by atoms with Gasteiger partial charge < -0.3 is 5.32 Å². The van der Waals surface area contributed by atoms with Crippen LogP contribution in [0.25, 0.3) is 0 Å². The van der Waals surface area contributed by atoms with Crippen molar-refractivity contribution in [3.63, 3.8) is 0 Å². The fraction of sp³-hybridized carbons (Fsp3) is 0.600. The van der Waals surface area contributed by atoms with Gasteiger partial charge in [0, 0.05) is 31.7 Å². The monoisotopic (exact) mass is 360 g/mol. The van der Waals surface area contributed by atoms with E-state index in [9.17, 15) is 9.59 Å². The van der Waals surface area contributed by atoms with Crippen molar-refractivity contribution in [2.75, 3.05) is 32.7 Å². The molecule has 1 aliphatic heterocycles. The molecule has 1 fully saturated rings. The third kappa shape index (κ3) is 5.81. The molecule has 2 rings (SSSR count). The number of hydrogen-bond donors (Lipinski definition) is 2. The van der Waals surface area contributed by atoms with Crippen LogP contribution < -0.4 is 10.6 Å². The lowest BCUT2D eigenvalue weighted by Crippen LogP contribution is -2.47. The second-order valence-corrected chi connectivity index (χ2v) is 6.89. The van der Waals surface area contributed by atoms with Crippen LogP contribution in [0, 0.1) is 0 Å². The number of benzene rings is 1. The maximum absolute atomic E-state index is 12.2. The molecular weight excluding hydrogens is 328 g/mol. The summed E-state index contributed by atoms with van der Waals surface area (Å²) < 4.78 is 0. The van der Waals surface area contributed by atoms with E-state index in [1.807, 2.05) is 13.0 Å². The molecule has 0 saturated carbocycles. The Morgan fingerprint density at radius 3 is 2.65 bits per heavy atom. The molecule has 144 valence electrons. The Kier molecular flexibility index (Phi) is 8.06. The van der Waals surface area contributed by atoms with Crippen LogP contribution >= 0.6 is 0 Å². The number of rotatable bonds is 8. The van der Waals surface area contributed by atoms with Gasteiger partial charge in [0.2, 0.25) is 5.91 Å². The molecule has 2 unspecified atom stereocenters. The van der Waals surface area contributed by atoms with Crippen molar-refractivity contribution < 1.29 is 9.59 Å². The highest BCUT2D eigenvalue weighted by atomic mass is 16.2. The zero-order valence-electron chi connectivity index (χ0n) is 16.2. The van der Waals surface area contributed by atoms with E-state index in [1.54, 1.807) is 0 Å². The van der Waals surface area contributed by atoms with Gasteiger partial charge in [-0.05, 0) is 31.9 Å². The van der Waals surface area contributed by atoms with Gasteiger partial charge in [-0.25, -0.2) is 4.79 Å². The minimum Gasteiger partial charge on any atom is -0.338 e. The van der Waals surface area contributed by atoms with E-state index in [1.165, 1.54) is 5.56 Å². The average molecular weight is 361 g/mol. The number of urea groups is 1. The van der Waals surface area contributed by atoms with E-state index < -0.39 is 6.03 Å². The third-order valence-electron chi connectivity index (χ3n) is 5.08. The van der Waals surface area contributed by atoms with Gasteiger partial charge in [0.15, 0.2) is 0 Å². The number of imide groups is 1. The van der Waals surface area contributed by atoms with E-state index in [2.05, 4.69) is 58.5 Å². The van der Waals surface area contributed by atoms with Crippen LogP contribution in [0.2, 0.25) is 0 Å². The van der Waals surface area contributed by atoms with Crippen LogP contribution in [0.4, 0.5) is 4.79 Å². The standard InChI is InChI=1S/C20H32N4O2/c1-4-12-21-20(26)22-19(25)15-23(5-2)18-11-13-24(14-18)16(3)17-9-7-6-8-10-17/h6-10,16,18H,4-5,11-15H2,1-3H3,(H2,21,22,25,26). The number of likely N-dealkylation sites (N-methyl/N-ethyl adjacent to an activating group) is 1. The molecule has 2 atom stereocenters. The Morgan fingerprint density at radius 1 is 1.27 bits per heavy atom. The molecule has 6 heteroatoms. The van der Waals surface area contributed by atoms with Gasteiger partial charge in [-0.15, -0.1) is 0 Å². The molecule has 0 aliphatic carbocycles. The first-order chi connectivity index (χ1) is 12.5. The second kappa shape index (κ2) is 10.3. The molecule has 3 amide bonds. The minimum atomic E-state index is -0.404. The molecule has 26 heavy (non-hydrogen) atoms. The van der Waals surface area contributed by atoms with Gasteiger partial charge in [-0.2, -0.15) is 0 Å². The lowest BCUT2D eigenvalue weighted by Gasteiger charge is -2.29. The maximum atomic E-state index is 12.2. The highest BCUT2D eigenvalue weighted by molar-refractivity contribution is 5.95. The van der Waals surface area contributed by atoms with Gasteiger partial charge in [-0.3, -0.25) is 19.9 Å². The fourth-order valence-electron chi connectivity index (χ4n) is 3.49. The topological polar surface area (TPSA) is 64.7 Å². The first-order valence-corrected chi connectivity index (χ1v) is 9.65. The number of amides is 3. The predicted molar refractivity (Wildman–Crippen MR) is 104 cm³/mol. The van der Waals surface area contributed by atoms with Crippen LogP contribution in [-0.4, -0.2) is 60.5 Å². The summed E-state index contributed by atoms with van der Waals surface area (Å²) in [4.78, 5) is 28.4. The van der Waals surface area contributed by atoms with Crippen LogP contribution in [0.5, 0.6) is 0 Å². The first kappa shape index (κ1) is 20.4. The molecule has 6 nitrogen and oxygen atoms in total. The predicted octanol–water partition coefficient (Wildman–Crippen LogP) is 2.38. The fourth-order valence-corrected chi connectivity index (χ4v) is 3.49. The molecule has 1 saturated heterocycles. The van der Waals surface area contributed by atoms with Crippen LogP contribution in [0.1, 0.15) is 45.2 Å². The molecule has 0 radical (unpaired) electrons. The Balaban J connectivity index is 1.85. The first-order valence-electron chi connectivity index (χ1n) is 9.65. The Hall–Kier alpha value is -1.92. The number of carbonyl (C=O) groups excluding carboxylic acids is 2. The van der Waals surface area contributed by atoms with Gasteiger partial charge in [0.25, 0.3) is 0 Å². The van der Waals surface area contributed by atoms with E-state index in [4.69, 9.17) is 0 Å². The summed E-state index contributed by atoms with van der Waals surface area (Å²) in [5.74, 6) is -0.241. The van der Waals surface area contributed by atoms with Crippen molar-refractivity contribution in [1.82, 2.24) is 20.4 Å². The molecular formula is C20H32N4O2.